The van der Waals surface area contributed by atoms with E-state index in [1.165, 1.54) is 22.7 Å². The number of hydrogen-bond donors (Lipinski definition) is 2. The van der Waals surface area contributed by atoms with Crippen LogP contribution < -0.4 is 4.72 Å². The van der Waals surface area contributed by atoms with Gasteiger partial charge in [-0.15, -0.1) is 11.3 Å². The third-order valence-electron chi connectivity index (χ3n) is 3.75. The van der Waals surface area contributed by atoms with Crippen LogP contribution in [0.3, 0.4) is 0 Å². The number of sulfonamides is 1. The van der Waals surface area contributed by atoms with E-state index in [9.17, 15) is 13.5 Å². The van der Waals surface area contributed by atoms with Crippen molar-refractivity contribution in [2.24, 2.45) is 0 Å². The van der Waals surface area contributed by atoms with Crippen molar-refractivity contribution in [1.29, 1.82) is 0 Å². The van der Waals surface area contributed by atoms with Crippen LogP contribution in [0.2, 0.25) is 0 Å². The summed E-state index contributed by atoms with van der Waals surface area (Å²) >= 11 is 2.86. The minimum Gasteiger partial charge on any atom is -0.378 e. The topological polar surface area (TPSA) is 66.4 Å². The Labute approximate surface area is 149 Å². The molecule has 24 heavy (non-hydrogen) atoms. The number of rotatable bonds is 6. The van der Waals surface area contributed by atoms with E-state index < -0.39 is 15.6 Å². The molecule has 3 rings (SSSR count). The van der Waals surface area contributed by atoms with Gasteiger partial charge < -0.3 is 5.11 Å². The van der Waals surface area contributed by atoms with Crippen molar-refractivity contribution in [3.05, 3.63) is 74.6 Å². The first-order valence-electron chi connectivity index (χ1n) is 7.27. The number of hydrogen-bond acceptors (Lipinski definition) is 5. The minimum absolute atomic E-state index is 0.124. The fraction of sp³-hybridized carbons (Fsp3) is 0.176. The highest BCUT2D eigenvalue weighted by Gasteiger charge is 2.34. The van der Waals surface area contributed by atoms with Crippen LogP contribution >= 0.6 is 22.7 Å². The molecule has 0 radical (unpaired) electrons. The lowest BCUT2D eigenvalue weighted by Crippen LogP contribution is -2.40. The maximum absolute atomic E-state index is 12.6. The van der Waals surface area contributed by atoms with E-state index >= 15 is 0 Å². The van der Waals surface area contributed by atoms with Gasteiger partial charge in [-0.3, -0.25) is 0 Å². The Balaban J connectivity index is 1.90. The van der Waals surface area contributed by atoms with Crippen LogP contribution in [0, 0.1) is 6.92 Å². The highest BCUT2D eigenvalue weighted by molar-refractivity contribution is 7.89. The third-order valence-corrected chi connectivity index (χ3v) is 6.85. The molecule has 3 aromatic rings. The van der Waals surface area contributed by atoms with Crippen molar-refractivity contribution >= 4 is 32.7 Å². The van der Waals surface area contributed by atoms with Gasteiger partial charge in [-0.25, -0.2) is 13.1 Å². The molecular weight excluding hydrogens is 362 g/mol. The first kappa shape index (κ1) is 17.3. The van der Waals surface area contributed by atoms with Crippen molar-refractivity contribution < 1.29 is 13.5 Å². The summed E-state index contributed by atoms with van der Waals surface area (Å²) in [7, 11) is -3.70. The van der Waals surface area contributed by atoms with Crippen LogP contribution in [0.5, 0.6) is 0 Å². The Morgan fingerprint density at radius 2 is 2.00 bits per heavy atom. The highest BCUT2D eigenvalue weighted by atomic mass is 32.2. The first-order valence-corrected chi connectivity index (χ1v) is 10.6. The summed E-state index contributed by atoms with van der Waals surface area (Å²) in [4.78, 5) is 0.897. The fourth-order valence-electron chi connectivity index (χ4n) is 2.41. The minimum atomic E-state index is -3.70. The summed E-state index contributed by atoms with van der Waals surface area (Å²) < 4.78 is 27.7. The molecule has 1 unspecified atom stereocenters. The second-order valence-corrected chi connectivity index (χ2v) is 8.99. The van der Waals surface area contributed by atoms with Crippen LogP contribution in [0.15, 0.2) is 63.5 Å². The van der Waals surface area contributed by atoms with Crippen molar-refractivity contribution in [1.82, 2.24) is 4.72 Å². The molecular formula is C17H17NO3S3. The second kappa shape index (κ2) is 6.78. The van der Waals surface area contributed by atoms with Crippen molar-refractivity contribution in [2.75, 3.05) is 6.54 Å². The van der Waals surface area contributed by atoms with Crippen LogP contribution in [0.4, 0.5) is 0 Å². The van der Waals surface area contributed by atoms with Gasteiger partial charge in [0.25, 0.3) is 0 Å². The second-order valence-electron chi connectivity index (χ2n) is 5.49. The van der Waals surface area contributed by atoms with Gasteiger partial charge in [-0.2, -0.15) is 11.3 Å². The van der Waals surface area contributed by atoms with Gasteiger partial charge in [0.15, 0.2) is 0 Å². The molecule has 0 aliphatic carbocycles. The largest absolute Gasteiger partial charge is 0.378 e. The lowest BCUT2D eigenvalue weighted by atomic mass is 9.95. The number of benzene rings is 1. The number of thiophene rings is 2. The fourth-order valence-corrected chi connectivity index (χ4v) is 5.14. The molecule has 2 heterocycles. The van der Waals surface area contributed by atoms with Crippen LogP contribution in [-0.4, -0.2) is 20.1 Å². The average Bonchev–Trinajstić information content (AvgIpc) is 3.26. The van der Waals surface area contributed by atoms with E-state index in [4.69, 9.17) is 0 Å². The molecule has 0 aliphatic heterocycles. The van der Waals surface area contributed by atoms with Gasteiger partial charge in [-0.05, 0) is 52.9 Å². The molecule has 0 spiro atoms. The summed E-state index contributed by atoms with van der Waals surface area (Å²) in [6, 6.07) is 12.2. The first-order chi connectivity index (χ1) is 11.4. The van der Waals surface area contributed by atoms with E-state index in [0.717, 1.165) is 5.56 Å². The maximum atomic E-state index is 12.6. The molecule has 0 fully saturated rings. The average molecular weight is 380 g/mol. The van der Waals surface area contributed by atoms with Crippen LogP contribution in [0.1, 0.15) is 16.0 Å². The van der Waals surface area contributed by atoms with Gasteiger partial charge in [-0.1, -0.05) is 18.2 Å². The van der Waals surface area contributed by atoms with E-state index in [-0.39, 0.29) is 11.4 Å². The number of nitrogens with one attached hydrogen (secondary N) is 1. The SMILES string of the molecule is Cc1cccc(S(=O)(=O)NCC(O)(c2ccsc2)c2cccs2)c1. The van der Waals surface area contributed by atoms with Crippen molar-refractivity contribution in [2.45, 2.75) is 17.4 Å². The molecule has 1 atom stereocenters. The Hall–Kier alpha value is -1.51. The lowest BCUT2D eigenvalue weighted by molar-refractivity contribution is 0.0903. The standard InChI is InChI=1S/C17H17NO3S3/c1-13-4-2-5-15(10-13)24(20,21)18-12-17(19,14-7-9-22-11-14)16-6-3-8-23-16/h2-11,18-19H,12H2,1H3. The van der Waals surface area contributed by atoms with Gasteiger partial charge in [0, 0.05) is 17.0 Å². The zero-order valence-corrected chi connectivity index (χ0v) is 15.4. The zero-order chi connectivity index (χ0) is 17.2. The van der Waals surface area contributed by atoms with Crippen LogP contribution in [0.25, 0.3) is 0 Å². The Bertz CT molecular complexity index is 866. The summed E-state index contributed by atoms with van der Waals surface area (Å²) in [6.45, 7) is 1.72. The predicted molar refractivity (Wildman–Crippen MR) is 98.0 cm³/mol. The molecule has 0 bridgehead atoms. The molecule has 126 valence electrons. The summed E-state index contributed by atoms with van der Waals surface area (Å²) in [5.74, 6) is 0. The monoisotopic (exact) mass is 379 g/mol. The molecule has 0 saturated heterocycles. The van der Waals surface area contributed by atoms with E-state index in [0.29, 0.717) is 10.4 Å². The molecule has 2 aromatic heterocycles. The third kappa shape index (κ3) is 3.45. The Kier molecular flexibility index (Phi) is 4.89. The number of aryl methyl sites for hydroxylation is 1. The summed E-state index contributed by atoms with van der Waals surface area (Å²) in [5.41, 5.74) is 0.163. The van der Waals surface area contributed by atoms with Gasteiger partial charge in [0.1, 0.15) is 5.60 Å². The van der Waals surface area contributed by atoms with E-state index in [1.54, 1.807) is 18.2 Å². The molecule has 0 amide bonds. The quantitative estimate of drug-likeness (QED) is 0.690. The summed E-state index contributed by atoms with van der Waals surface area (Å²) in [5, 5.41) is 16.7. The van der Waals surface area contributed by atoms with E-state index in [1.807, 2.05) is 47.3 Å². The van der Waals surface area contributed by atoms with Gasteiger partial charge in [0.05, 0.1) is 4.90 Å². The van der Waals surface area contributed by atoms with Gasteiger partial charge in [0.2, 0.25) is 10.0 Å². The van der Waals surface area contributed by atoms with Crippen molar-refractivity contribution in [3.63, 3.8) is 0 Å². The lowest BCUT2D eigenvalue weighted by Gasteiger charge is -2.27. The highest BCUT2D eigenvalue weighted by Crippen LogP contribution is 2.33. The van der Waals surface area contributed by atoms with Gasteiger partial charge >= 0.3 is 0 Å². The maximum Gasteiger partial charge on any atom is 0.240 e. The van der Waals surface area contributed by atoms with E-state index in [2.05, 4.69) is 4.72 Å². The molecule has 7 heteroatoms. The molecule has 4 nitrogen and oxygen atoms in total. The summed E-state index contributed by atoms with van der Waals surface area (Å²) in [6.07, 6.45) is 0. The molecule has 0 aliphatic rings. The smallest absolute Gasteiger partial charge is 0.240 e. The van der Waals surface area contributed by atoms with Crippen LogP contribution in [-0.2, 0) is 15.6 Å². The molecule has 2 N–H and O–H groups in total. The normalized spacial score (nSPS) is 14.4. The molecule has 0 saturated carbocycles. The zero-order valence-electron chi connectivity index (χ0n) is 13.0. The Morgan fingerprint density at radius 3 is 2.62 bits per heavy atom. The molecule has 1 aromatic carbocycles. The Morgan fingerprint density at radius 1 is 1.17 bits per heavy atom. The number of aliphatic hydroxyl groups is 1. The van der Waals surface area contributed by atoms with Crippen molar-refractivity contribution in [3.8, 4) is 0 Å². The predicted octanol–water partition coefficient (Wildman–Crippen LogP) is 3.33.